The van der Waals surface area contributed by atoms with Crippen molar-refractivity contribution in [1.29, 1.82) is 0 Å². The van der Waals surface area contributed by atoms with Crippen LogP contribution < -0.4 is 5.32 Å². The zero-order valence-electron chi connectivity index (χ0n) is 18.1. The van der Waals surface area contributed by atoms with Gasteiger partial charge < -0.3 is 10.4 Å². The molecule has 0 bridgehead atoms. The number of fused-ring (bicyclic) bond motifs is 1. The lowest BCUT2D eigenvalue weighted by molar-refractivity contribution is 0.282. The molecule has 0 unspecified atom stereocenters. The van der Waals surface area contributed by atoms with Crippen molar-refractivity contribution >= 4 is 11.6 Å². The molecule has 1 atom stereocenters. The van der Waals surface area contributed by atoms with Gasteiger partial charge in [-0.1, -0.05) is 20.8 Å². The molecule has 7 heteroatoms. The topological polar surface area (TPSA) is 75.3 Å². The molecule has 2 N–H and O–H groups in total. The van der Waals surface area contributed by atoms with Crippen LogP contribution in [0.1, 0.15) is 33.3 Å². The summed E-state index contributed by atoms with van der Waals surface area (Å²) in [6.45, 7) is 8.50. The number of anilines is 1. The Hall–Kier alpha value is -3.32. The third-order valence-corrected chi connectivity index (χ3v) is 5.53. The molecule has 0 spiro atoms. The largest absolute Gasteiger partial charge is 0.392 e. The summed E-state index contributed by atoms with van der Waals surface area (Å²) in [7, 11) is 0. The average Bonchev–Trinajstić information content (AvgIpc) is 3.12. The van der Waals surface area contributed by atoms with Crippen molar-refractivity contribution in [2.45, 2.75) is 40.3 Å². The van der Waals surface area contributed by atoms with E-state index >= 15 is 0 Å². The fraction of sp³-hybridized carbons (Fsp3) is 0.292. The summed E-state index contributed by atoms with van der Waals surface area (Å²) in [6, 6.07) is 11.9. The number of halogens is 1. The van der Waals surface area contributed by atoms with Gasteiger partial charge in [-0.15, -0.1) is 0 Å². The maximum atomic E-state index is 13.5. The second kappa shape index (κ2) is 8.07. The Kier molecular flexibility index (Phi) is 5.45. The van der Waals surface area contributed by atoms with Crippen LogP contribution in [-0.4, -0.2) is 30.5 Å². The van der Waals surface area contributed by atoms with E-state index in [1.807, 2.05) is 28.8 Å². The first-order valence-electron chi connectivity index (χ1n) is 10.2. The molecule has 0 amide bonds. The van der Waals surface area contributed by atoms with Gasteiger partial charge in [0.2, 0.25) is 5.95 Å². The van der Waals surface area contributed by atoms with Gasteiger partial charge >= 0.3 is 0 Å². The first-order valence-corrected chi connectivity index (χ1v) is 10.2. The molecule has 4 aromatic rings. The standard InChI is InChI=1S/C24H26FN5O/c1-15(24(2,3)4)27-23-26-11-9-19(28-23)22-21(17-5-7-18(25)8-6-17)29-20-13-16(14-31)10-12-30(20)22/h5-13,15,31H,14H2,1-4H3,(H,26,27,28)/t15-/m0/s1. The number of hydrogen-bond donors (Lipinski definition) is 2. The summed E-state index contributed by atoms with van der Waals surface area (Å²) in [5.74, 6) is 0.230. The molecular weight excluding hydrogens is 393 g/mol. The third-order valence-electron chi connectivity index (χ3n) is 5.53. The summed E-state index contributed by atoms with van der Waals surface area (Å²) in [4.78, 5) is 13.9. The minimum Gasteiger partial charge on any atom is -0.392 e. The molecule has 4 rings (SSSR count). The summed E-state index contributed by atoms with van der Waals surface area (Å²) >= 11 is 0. The quantitative estimate of drug-likeness (QED) is 0.479. The molecule has 0 aliphatic heterocycles. The van der Waals surface area contributed by atoms with E-state index in [0.29, 0.717) is 23.0 Å². The minimum atomic E-state index is -0.304. The molecule has 0 radical (unpaired) electrons. The monoisotopic (exact) mass is 419 g/mol. The molecular formula is C24H26FN5O. The second-order valence-electron chi connectivity index (χ2n) is 8.73. The van der Waals surface area contributed by atoms with Crippen molar-refractivity contribution in [3.63, 3.8) is 0 Å². The van der Waals surface area contributed by atoms with Crippen LogP contribution >= 0.6 is 0 Å². The van der Waals surface area contributed by atoms with Crippen LogP contribution in [0, 0.1) is 11.2 Å². The van der Waals surface area contributed by atoms with Gasteiger partial charge in [-0.05, 0) is 60.4 Å². The van der Waals surface area contributed by atoms with Crippen LogP contribution in [0.2, 0.25) is 0 Å². The Morgan fingerprint density at radius 2 is 1.84 bits per heavy atom. The molecule has 3 heterocycles. The van der Waals surface area contributed by atoms with Crippen molar-refractivity contribution in [3.8, 4) is 22.6 Å². The molecule has 0 fully saturated rings. The zero-order valence-corrected chi connectivity index (χ0v) is 18.1. The van der Waals surface area contributed by atoms with Gasteiger partial charge in [0.1, 0.15) is 11.5 Å². The number of aliphatic hydroxyl groups excluding tert-OH is 1. The van der Waals surface area contributed by atoms with E-state index in [1.54, 1.807) is 18.3 Å². The Morgan fingerprint density at radius 3 is 2.52 bits per heavy atom. The number of pyridine rings is 1. The zero-order chi connectivity index (χ0) is 22.2. The number of hydrogen-bond acceptors (Lipinski definition) is 5. The highest BCUT2D eigenvalue weighted by Crippen LogP contribution is 2.33. The Balaban J connectivity index is 1.87. The van der Waals surface area contributed by atoms with E-state index in [9.17, 15) is 9.50 Å². The van der Waals surface area contributed by atoms with E-state index in [2.05, 4.69) is 38.0 Å². The molecule has 31 heavy (non-hydrogen) atoms. The van der Waals surface area contributed by atoms with Crippen LogP contribution in [0.15, 0.2) is 54.9 Å². The molecule has 0 aliphatic rings. The first kappa shape index (κ1) is 20.9. The van der Waals surface area contributed by atoms with Crippen molar-refractivity contribution in [2.75, 3.05) is 5.32 Å². The van der Waals surface area contributed by atoms with Crippen LogP contribution in [0.25, 0.3) is 28.3 Å². The van der Waals surface area contributed by atoms with Gasteiger partial charge in [-0.2, -0.15) is 0 Å². The molecule has 6 nitrogen and oxygen atoms in total. The predicted molar refractivity (Wildman–Crippen MR) is 120 cm³/mol. The first-order chi connectivity index (χ1) is 14.8. The molecule has 0 aliphatic carbocycles. The van der Waals surface area contributed by atoms with Crippen molar-refractivity contribution in [1.82, 2.24) is 19.4 Å². The lowest BCUT2D eigenvalue weighted by Crippen LogP contribution is -2.31. The lowest BCUT2D eigenvalue weighted by Gasteiger charge is -2.28. The normalized spacial score (nSPS) is 12.8. The van der Waals surface area contributed by atoms with Crippen molar-refractivity contribution in [2.24, 2.45) is 5.41 Å². The van der Waals surface area contributed by atoms with Gasteiger partial charge in [0.15, 0.2) is 0 Å². The van der Waals surface area contributed by atoms with Crippen LogP contribution in [0.5, 0.6) is 0 Å². The van der Waals surface area contributed by atoms with Gasteiger partial charge in [0.05, 0.1) is 23.7 Å². The van der Waals surface area contributed by atoms with Crippen LogP contribution in [0.4, 0.5) is 10.3 Å². The predicted octanol–water partition coefficient (Wildman–Crippen LogP) is 4.94. The summed E-state index contributed by atoms with van der Waals surface area (Å²) < 4.78 is 15.4. The van der Waals surface area contributed by atoms with Crippen LogP contribution in [-0.2, 0) is 6.61 Å². The van der Waals surface area contributed by atoms with E-state index in [-0.39, 0.29) is 23.9 Å². The van der Waals surface area contributed by atoms with E-state index in [1.165, 1.54) is 12.1 Å². The fourth-order valence-electron chi connectivity index (χ4n) is 3.21. The van der Waals surface area contributed by atoms with Crippen LogP contribution in [0.3, 0.4) is 0 Å². The van der Waals surface area contributed by atoms with Crippen molar-refractivity contribution in [3.05, 3.63) is 66.2 Å². The minimum absolute atomic E-state index is 0.0443. The smallest absolute Gasteiger partial charge is 0.223 e. The highest BCUT2D eigenvalue weighted by Gasteiger charge is 2.22. The number of rotatable bonds is 5. The maximum absolute atomic E-state index is 13.5. The summed E-state index contributed by atoms with van der Waals surface area (Å²) in [5.41, 5.74) is 4.42. The maximum Gasteiger partial charge on any atom is 0.223 e. The molecule has 0 saturated carbocycles. The highest BCUT2D eigenvalue weighted by molar-refractivity contribution is 5.80. The van der Waals surface area contributed by atoms with Gasteiger partial charge in [0, 0.05) is 24.0 Å². The van der Waals surface area contributed by atoms with Crippen molar-refractivity contribution < 1.29 is 9.50 Å². The number of nitrogens with zero attached hydrogens (tertiary/aromatic N) is 4. The van der Waals surface area contributed by atoms with E-state index in [4.69, 9.17) is 9.97 Å². The Morgan fingerprint density at radius 1 is 1.10 bits per heavy atom. The van der Waals surface area contributed by atoms with Gasteiger partial charge in [-0.25, -0.2) is 19.3 Å². The van der Waals surface area contributed by atoms with E-state index in [0.717, 1.165) is 16.8 Å². The number of benzene rings is 1. The number of aromatic nitrogens is 4. The van der Waals surface area contributed by atoms with Gasteiger partial charge in [-0.3, -0.25) is 4.40 Å². The third kappa shape index (κ3) is 4.27. The summed E-state index contributed by atoms with van der Waals surface area (Å²) in [6.07, 6.45) is 3.58. The lowest BCUT2D eigenvalue weighted by atomic mass is 9.88. The molecule has 1 aromatic carbocycles. The molecule has 3 aromatic heterocycles. The highest BCUT2D eigenvalue weighted by atomic mass is 19.1. The van der Waals surface area contributed by atoms with E-state index < -0.39 is 0 Å². The molecule has 160 valence electrons. The Bertz CT molecular complexity index is 1210. The SMILES string of the molecule is C[C@H](Nc1nccc(-c2c(-c3ccc(F)cc3)nc3cc(CO)ccn23)n1)C(C)(C)C. The second-order valence-corrected chi connectivity index (χ2v) is 8.73. The molecule has 0 saturated heterocycles. The number of nitrogens with one attached hydrogen (secondary N) is 1. The Labute approximate surface area is 180 Å². The fourth-order valence-corrected chi connectivity index (χ4v) is 3.21. The average molecular weight is 420 g/mol. The number of aliphatic hydroxyl groups is 1. The number of imidazole rings is 1. The van der Waals surface area contributed by atoms with Gasteiger partial charge in [0.25, 0.3) is 0 Å². The summed E-state index contributed by atoms with van der Waals surface area (Å²) in [5, 5.41) is 12.9.